The summed E-state index contributed by atoms with van der Waals surface area (Å²) in [5.41, 5.74) is 0.357. The lowest BCUT2D eigenvalue weighted by molar-refractivity contribution is -0.291. The summed E-state index contributed by atoms with van der Waals surface area (Å²) >= 11 is 0. The molecule has 0 bridgehead atoms. The molecule has 2 saturated heterocycles. The summed E-state index contributed by atoms with van der Waals surface area (Å²) < 4.78 is 51.7. The quantitative estimate of drug-likeness (QED) is 0.786. The molecule has 0 unspecified atom stereocenters. The van der Waals surface area contributed by atoms with Gasteiger partial charge in [-0.25, -0.2) is 13.2 Å². The van der Waals surface area contributed by atoms with Crippen molar-refractivity contribution in [1.29, 1.82) is 0 Å². The molecular weight excluding hydrogens is 307 g/mol. The SMILES string of the molecule is CCCC1COC2(CCN(c3cc(F)c(F)c(F)c3)CC2)OC1. The third-order valence-corrected chi connectivity index (χ3v) is 4.72. The van der Waals surface area contributed by atoms with Crippen LogP contribution in [-0.2, 0) is 9.47 Å². The van der Waals surface area contributed by atoms with Crippen LogP contribution in [-0.4, -0.2) is 32.1 Å². The Morgan fingerprint density at radius 3 is 2.17 bits per heavy atom. The molecule has 1 spiro atoms. The summed E-state index contributed by atoms with van der Waals surface area (Å²) in [4.78, 5) is 1.84. The van der Waals surface area contributed by atoms with E-state index >= 15 is 0 Å². The molecule has 2 heterocycles. The van der Waals surface area contributed by atoms with Crippen molar-refractivity contribution in [3.05, 3.63) is 29.6 Å². The van der Waals surface area contributed by atoms with E-state index in [0.717, 1.165) is 25.0 Å². The molecule has 0 N–H and O–H groups in total. The maximum absolute atomic E-state index is 13.4. The predicted molar refractivity (Wildman–Crippen MR) is 80.8 cm³/mol. The molecular formula is C17H22F3NO2. The second-order valence-electron chi connectivity index (χ2n) is 6.40. The standard InChI is InChI=1S/C17H22F3NO2/c1-2-3-12-10-22-17(23-11-12)4-6-21(7-5-17)13-8-14(18)16(20)15(19)9-13/h8-9,12H,2-7,10-11H2,1H3. The number of hydrogen-bond donors (Lipinski definition) is 0. The first kappa shape index (κ1) is 16.6. The van der Waals surface area contributed by atoms with Gasteiger partial charge in [-0.2, -0.15) is 0 Å². The van der Waals surface area contributed by atoms with E-state index in [2.05, 4.69) is 6.92 Å². The molecule has 0 aliphatic carbocycles. The van der Waals surface area contributed by atoms with E-state index in [1.165, 1.54) is 0 Å². The van der Waals surface area contributed by atoms with Gasteiger partial charge in [0.25, 0.3) is 0 Å². The molecule has 0 aromatic heterocycles. The third kappa shape index (κ3) is 3.48. The van der Waals surface area contributed by atoms with Gasteiger partial charge in [0, 0.05) is 49.7 Å². The van der Waals surface area contributed by atoms with Crippen LogP contribution in [0.2, 0.25) is 0 Å². The van der Waals surface area contributed by atoms with Gasteiger partial charge in [0.15, 0.2) is 23.2 Å². The molecule has 128 valence electrons. The smallest absolute Gasteiger partial charge is 0.194 e. The molecule has 0 atom stereocenters. The van der Waals surface area contributed by atoms with Crippen LogP contribution in [0.5, 0.6) is 0 Å². The van der Waals surface area contributed by atoms with Crippen LogP contribution in [0.1, 0.15) is 32.6 Å². The highest BCUT2D eigenvalue weighted by Gasteiger charge is 2.40. The molecule has 3 rings (SSSR count). The molecule has 0 amide bonds. The Labute approximate surface area is 134 Å². The first-order valence-electron chi connectivity index (χ1n) is 8.20. The average Bonchev–Trinajstić information content (AvgIpc) is 2.55. The van der Waals surface area contributed by atoms with Crippen LogP contribution in [0, 0.1) is 23.4 Å². The third-order valence-electron chi connectivity index (χ3n) is 4.72. The van der Waals surface area contributed by atoms with Gasteiger partial charge in [0.1, 0.15) is 0 Å². The molecule has 3 nitrogen and oxygen atoms in total. The molecule has 2 aliphatic rings. The van der Waals surface area contributed by atoms with Gasteiger partial charge in [-0.3, -0.25) is 0 Å². The second kappa shape index (κ2) is 6.69. The van der Waals surface area contributed by atoms with E-state index in [4.69, 9.17) is 9.47 Å². The average molecular weight is 329 g/mol. The molecule has 2 fully saturated rings. The first-order chi connectivity index (χ1) is 11.0. The lowest BCUT2D eigenvalue weighted by Crippen LogP contribution is -2.52. The van der Waals surface area contributed by atoms with E-state index < -0.39 is 23.2 Å². The largest absolute Gasteiger partial charge is 0.371 e. The van der Waals surface area contributed by atoms with Gasteiger partial charge in [-0.15, -0.1) is 0 Å². The van der Waals surface area contributed by atoms with Crippen LogP contribution in [0.4, 0.5) is 18.9 Å². The Morgan fingerprint density at radius 2 is 1.65 bits per heavy atom. The maximum atomic E-state index is 13.4. The van der Waals surface area contributed by atoms with Gasteiger partial charge >= 0.3 is 0 Å². The number of ether oxygens (including phenoxy) is 2. The number of rotatable bonds is 3. The molecule has 6 heteroatoms. The van der Waals surface area contributed by atoms with Gasteiger partial charge in [-0.1, -0.05) is 13.3 Å². The molecule has 2 aliphatic heterocycles. The predicted octanol–water partition coefficient (Wildman–Crippen LogP) is 3.86. The zero-order valence-corrected chi connectivity index (χ0v) is 13.3. The monoisotopic (exact) mass is 329 g/mol. The first-order valence-corrected chi connectivity index (χ1v) is 8.20. The number of anilines is 1. The fourth-order valence-corrected chi connectivity index (χ4v) is 3.32. The highest BCUT2D eigenvalue weighted by Crippen LogP contribution is 2.35. The van der Waals surface area contributed by atoms with Crippen molar-refractivity contribution < 1.29 is 22.6 Å². The minimum atomic E-state index is -1.43. The number of benzene rings is 1. The van der Waals surface area contributed by atoms with Gasteiger partial charge in [0.05, 0.1) is 13.2 Å². The van der Waals surface area contributed by atoms with Crippen molar-refractivity contribution in [2.45, 2.75) is 38.4 Å². The van der Waals surface area contributed by atoms with Gasteiger partial charge < -0.3 is 14.4 Å². The summed E-state index contributed by atoms with van der Waals surface area (Å²) in [6, 6.07) is 2.08. The molecule has 23 heavy (non-hydrogen) atoms. The zero-order valence-electron chi connectivity index (χ0n) is 13.3. The van der Waals surface area contributed by atoms with Crippen LogP contribution >= 0.6 is 0 Å². The van der Waals surface area contributed by atoms with Crippen molar-refractivity contribution in [3.63, 3.8) is 0 Å². The van der Waals surface area contributed by atoms with Crippen LogP contribution in [0.15, 0.2) is 12.1 Å². The fourth-order valence-electron chi connectivity index (χ4n) is 3.32. The highest BCUT2D eigenvalue weighted by molar-refractivity contribution is 5.47. The van der Waals surface area contributed by atoms with Gasteiger partial charge in [0.2, 0.25) is 0 Å². The Kier molecular flexibility index (Phi) is 4.82. The van der Waals surface area contributed by atoms with E-state index in [1.807, 2.05) is 4.90 Å². The lowest BCUT2D eigenvalue weighted by atomic mass is 9.98. The van der Waals surface area contributed by atoms with Crippen molar-refractivity contribution in [2.75, 3.05) is 31.2 Å². The lowest BCUT2D eigenvalue weighted by Gasteiger charge is -2.45. The summed E-state index contributed by atoms with van der Waals surface area (Å²) in [5, 5.41) is 0. The van der Waals surface area contributed by atoms with Crippen LogP contribution in [0.25, 0.3) is 0 Å². The topological polar surface area (TPSA) is 21.7 Å². The summed E-state index contributed by atoms with van der Waals surface area (Å²) in [6.45, 7) is 4.66. The maximum Gasteiger partial charge on any atom is 0.194 e. The van der Waals surface area contributed by atoms with Crippen LogP contribution in [0.3, 0.4) is 0 Å². The molecule has 0 radical (unpaired) electrons. The van der Waals surface area contributed by atoms with E-state index in [1.54, 1.807) is 0 Å². The minimum Gasteiger partial charge on any atom is -0.371 e. The number of piperidine rings is 1. The number of nitrogens with zero attached hydrogens (tertiary/aromatic N) is 1. The molecule has 1 aromatic rings. The highest BCUT2D eigenvalue weighted by atomic mass is 19.2. The normalized spacial score (nSPS) is 21.8. The molecule has 1 aromatic carbocycles. The summed E-state index contributed by atoms with van der Waals surface area (Å²) in [6.07, 6.45) is 3.47. The van der Waals surface area contributed by atoms with Crippen molar-refractivity contribution in [1.82, 2.24) is 0 Å². The Bertz CT molecular complexity index is 526. The van der Waals surface area contributed by atoms with Crippen molar-refractivity contribution >= 4 is 5.69 Å². The van der Waals surface area contributed by atoms with Gasteiger partial charge in [-0.05, 0) is 6.42 Å². The number of hydrogen-bond acceptors (Lipinski definition) is 3. The summed E-state index contributed by atoms with van der Waals surface area (Å²) in [7, 11) is 0. The zero-order chi connectivity index (χ0) is 16.4. The fraction of sp³-hybridized carbons (Fsp3) is 0.647. The summed E-state index contributed by atoms with van der Waals surface area (Å²) in [5.74, 6) is -3.87. The Hall–Kier alpha value is -1.27. The van der Waals surface area contributed by atoms with Crippen molar-refractivity contribution in [2.24, 2.45) is 5.92 Å². The number of halogens is 3. The van der Waals surface area contributed by atoms with E-state index in [9.17, 15) is 13.2 Å². The van der Waals surface area contributed by atoms with Crippen molar-refractivity contribution in [3.8, 4) is 0 Å². The Balaban J connectivity index is 1.61. The Morgan fingerprint density at radius 1 is 1.09 bits per heavy atom. The van der Waals surface area contributed by atoms with Crippen LogP contribution < -0.4 is 4.90 Å². The van der Waals surface area contributed by atoms with E-state index in [0.29, 0.717) is 50.8 Å². The minimum absolute atomic E-state index is 0.357. The molecule has 0 saturated carbocycles. The van der Waals surface area contributed by atoms with E-state index in [-0.39, 0.29) is 0 Å². The second-order valence-corrected chi connectivity index (χ2v) is 6.40.